The van der Waals surface area contributed by atoms with Gasteiger partial charge in [-0.05, 0) is 43.8 Å². The molecule has 0 radical (unpaired) electrons. The molecule has 0 heterocycles. The molecular formula is C15H24N2. The van der Waals surface area contributed by atoms with Gasteiger partial charge in [0.15, 0.2) is 0 Å². The molecule has 1 saturated carbocycles. The highest BCUT2D eigenvalue weighted by Gasteiger charge is 2.33. The molecular weight excluding hydrogens is 208 g/mol. The van der Waals surface area contributed by atoms with Crippen molar-refractivity contribution in [3.63, 3.8) is 0 Å². The van der Waals surface area contributed by atoms with E-state index >= 15 is 0 Å². The van der Waals surface area contributed by atoms with E-state index in [2.05, 4.69) is 42.2 Å². The van der Waals surface area contributed by atoms with E-state index in [4.69, 9.17) is 5.73 Å². The lowest BCUT2D eigenvalue weighted by molar-refractivity contribution is 0.0600. The molecule has 2 N–H and O–H groups in total. The van der Waals surface area contributed by atoms with Gasteiger partial charge in [-0.3, -0.25) is 4.90 Å². The summed E-state index contributed by atoms with van der Waals surface area (Å²) < 4.78 is 0. The summed E-state index contributed by atoms with van der Waals surface area (Å²) in [5.41, 5.74) is 7.24. The fourth-order valence-corrected chi connectivity index (χ4v) is 2.77. The van der Waals surface area contributed by atoms with E-state index in [-0.39, 0.29) is 0 Å². The van der Waals surface area contributed by atoms with Gasteiger partial charge in [0.25, 0.3) is 0 Å². The SMILES string of the molecule is CCCN(Cc1ccccc1)C1CCC1CN. The highest BCUT2D eigenvalue weighted by Crippen LogP contribution is 2.32. The van der Waals surface area contributed by atoms with Gasteiger partial charge in [-0.1, -0.05) is 37.3 Å². The molecule has 0 amide bonds. The first-order chi connectivity index (χ1) is 8.35. The fourth-order valence-electron chi connectivity index (χ4n) is 2.77. The zero-order valence-corrected chi connectivity index (χ0v) is 10.8. The van der Waals surface area contributed by atoms with Crippen molar-refractivity contribution in [1.82, 2.24) is 4.90 Å². The van der Waals surface area contributed by atoms with Crippen LogP contribution in [-0.4, -0.2) is 24.0 Å². The van der Waals surface area contributed by atoms with Crippen molar-refractivity contribution in [1.29, 1.82) is 0 Å². The van der Waals surface area contributed by atoms with Crippen LogP contribution in [0.1, 0.15) is 31.7 Å². The molecule has 1 fully saturated rings. The molecule has 2 rings (SSSR count). The van der Waals surface area contributed by atoms with E-state index in [0.29, 0.717) is 0 Å². The lowest BCUT2D eigenvalue weighted by Crippen LogP contribution is -2.49. The van der Waals surface area contributed by atoms with Crippen molar-refractivity contribution in [2.45, 2.75) is 38.8 Å². The number of rotatable bonds is 6. The van der Waals surface area contributed by atoms with Crippen LogP contribution in [-0.2, 0) is 6.54 Å². The Hall–Kier alpha value is -0.860. The molecule has 0 aromatic heterocycles. The van der Waals surface area contributed by atoms with Crippen LogP contribution in [0.4, 0.5) is 0 Å². The van der Waals surface area contributed by atoms with E-state index in [0.717, 1.165) is 25.0 Å². The number of benzene rings is 1. The molecule has 17 heavy (non-hydrogen) atoms. The maximum Gasteiger partial charge on any atom is 0.0236 e. The van der Waals surface area contributed by atoms with E-state index in [1.807, 2.05) is 0 Å². The highest BCUT2D eigenvalue weighted by atomic mass is 15.2. The van der Waals surface area contributed by atoms with Crippen molar-refractivity contribution in [2.24, 2.45) is 11.7 Å². The Balaban J connectivity index is 1.97. The van der Waals surface area contributed by atoms with Gasteiger partial charge < -0.3 is 5.73 Å². The second-order valence-electron chi connectivity index (χ2n) is 5.10. The van der Waals surface area contributed by atoms with Gasteiger partial charge >= 0.3 is 0 Å². The van der Waals surface area contributed by atoms with Crippen LogP contribution in [0, 0.1) is 5.92 Å². The molecule has 1 aromatic rings. The largest absolute Gasteiger partial charge is 0.330 e. The van der Waals surface area contributed by atoms with Crippen LogP contribution in [0.15, 0.2) is 30.3 Å². The first-order valence-electron chi connectivity index (χ1n) is 6.83. The van der Waals surface area contributed by atoms with Crippen LogP contribution < -0.4 is 5.73 Å². The number of nitrogens with two attached hydrogens (primary N) is 1. The molecule has 0 bridgehead atoms. The number of hydrogen-bond acceptors (Lipinski definition) is 2. The van der Waals surface area contributed by atoms with Gasteiger partial charge in [-0.15, -0.1) is 0 Å². The molecule has 2 nitrogen and oxygen atoms in total. The van der Waals surface area contributed by atoms with Crippen molar-refractivity contribution >= 4 is 0 Å². The third-order valence-corrected chi connectivity index (χ3v) is 3.89. The second-order valence-corrected chi connectivity index (χ2v) is 5.10. The Morgan fingerprint density at radius 1 is 1.24 bits per heavy atom. The highest BCUT2D eigenvalue weighted by molar-refractivity contribution is 5.14. The zero-order valence-electron chi connectivity index (χ0n) is 10.8. The smallest absolute Gasteiger partial charge is 0.0236 e. The van der Waals surface area contributed by atoms with Crippen molar-refractivity contribution < 1.29 is 0 Å². The van der Waals surface area contributed by atoms with Gasteiger partial charge in [-0.2, -0.15) is 0 Å². The minimum Gasteiger partial charge on any atom is -0.330 e. The Kier molecular flexibility index (Phi) is 4.57. The van der Waals surface area contributed by atoms with E-state index in [9.17, 15) is 0 Å². The van der Waals surface area contributed by atoms with Crippen LogP contribution in [0.25, 0.3) is 0 Å². The standard InChI is InChI=1S/C15H24N2/c1-2-10-17(15-9-8-14(15)11-16)12-13-6-4-3-5-7-13/h3-7,14-15H,2,8-12,16H2,1H3. The molecule has 0 saturated heterocycles. The Labute approximate surface area is 105 Å². The fraction of sp³-hybridized carbons (Fsp3) is 0.600. The van der Waals surface area contributed by atoms with Crippen LogP contribution in [0.2, 0.25) is 0 Å². The molecule has 94 valence electrons. The first kappa shape index (κ1) is 12.6. The Morgan fingerprint density at radius 3 is 2.53 bits per heavy atom. The molecule has 2 unspecified atom stereocenters. The van der Waals surface area contributed by atoms with E-state index in [1.54, 1.807) is 0 Å². The minimum absolute atomic E-state index is 0.722. The van der Waals surface area contributed by atoms with E-state index in [1.165, 1.54) is 31.4 Å². The van der Waals surface area contributed by atoms with Crippen LogP contribution in [0.3, 0.4) is 0 Å². The Bertz CT molecular complexity index is 321. The molecule has 0 spiro atoms. The van der Waals surface area contributed by atoms with Crippen molar-refractivity contribution in [2.75, 3.05) is 13.1 Å². The topological polar surface area (TPSA) is 29.3 Å². The summed E-state index contributed by atoms with van der Waals surface area (Å²) in [5.74, 6) is 0.727. The van der Waals surface area contributed by atoms with Gasteiger partial charge in [0.05, 0.1) is 0 Å². The second kappa shape index (κ2) is 6.18. The van der Waals surface area contributed by atoms with Gasteiger partial charge in [0, 0.05) is 12.6 Å². The third-order valence-electron chi connectivity index (χ3n) is 3.89. The maximum absolute atomic E-state index is 5.82. The average molecular weight is 232 g/mol. The maximum atomic E-state index is 5.82. The van der Waals surface area contributed by atoms with Crippen LogP contribution >= 0.6 is 0 Å². The third kappa shape index (κ3) is 3.08. The van der Waals surface area contributed by atoms with Gasteiger partial charge in [0.1, 0.15) is 0 Å². The summed E-state index contributed by atoms with van der Waals surface area (Å²) in [6.07, 6.45) is 3.87. The molecule has 1 aliphatic rings. The summed E-state index contributed by atoms with van der Waals surface area (Å²) in [5, 5.41) is 0. The summed E-state index contributed by atoms with van der Waals surface area (Å²) in [7, 11) is 0. The normalized spacial score (nSPS) is 23.7. The van der Waals surface area contributed by atoms with E-state index < -0.39 is 0 Å². The monoisotopic (exact) mass is 232 g/mol. The predicted molar refractivity (Wildman–Crippen MR) is 72.7 cm³/mol. The molecule has 1 aromatic carbocycles. The summed E-state index contributed by atoms with van der Waals surface area (Å²) in [6, 6.07) is 11.5. The van der Waals surface area contributed by atoms with Crippen molar-refractivity contribution in [3.05, 3.63) is 35.9 Å². The molecule has 2 atom stereocenters. The quantitative estimate of drug-likeness (QED) is 0.817. The summed E-state index contributed by atoms with van der Waals surface area (Å²) in [6.45, 7) is 5.37. The first-order valence-corrected chi connectivity index (χ1v) is 6.83. The van der Waals surface area contributed by atoms with Gasteiger partial charge in [-0.25, -0.2) is 0 Å². The molecule has 1 aliphatic carbocycles. The molecule has 2 heteroatoms. The lowest BCUT2D eigenvalue weighted by Gasteiger charge is -2.44. The predicted octanol–water partition coefficient (Wildman–Crippen LogP) is 2.64. The minimum atomic E-state index is 0.722. The average Bonchev–Trinajstić information content (AvgIpc) is 2.30. The molecule has 0 aliphatic heterocycles. The lowest BCUT2D eigenvalue weighted by atomic mass is 9.78. The zero-order chi connectivity index (χ0) is 12.1. The Morgan fingerprint density at radius 2 is 2.00 bits per heavy atom. The summed E-state index contributed by atoms with van der Waals surface area (Å²) in [4.78, 5) is 2.62. The number of hydrogen-bond donors (Lipinski definition) is 1. The van der Waals surface area contributed by atoms with Crippen molar-refractivity contribution in [3.8, 4) is 0 Å². The summed E-state index contributed by atoms with van der Waals surface area (Å²) >= 11 is 0. The van der Waals surface area contributed by atoms with Gasteiger partial charge in [0.2, 0.25) is 0 Å². The van der Waals surface area contributed by atoms with Crippen LogP contribution in [0.5, 0.6) is 0 Å². The number of nitrogens with zero attached hydrogens (tertiary/aromatic N) is 1.